The van der Waals surface area contributed by atoms with E-state index in [1.54, 1.807) is 0 Å². The van der Waals surface area contributed by atoms with Crippen LogP contribution in [-0.4, -0.2) is 23.3 Å². The van der Waals surface area contributed by atoms with Gasteiger partial charge >= 0.3 is 6.03 Å². The number of carbonyl (C=O) groups is 1. The first-order chi connectivity index (χ1) is 11.7. The summed E-state index contributed by atoms with van der Waals surface area (Å²) in [4.78, 5) is 12.3. The summed E-state index contributed by atoms with van der Waals surface area (Å²) in [6.07, 6.45) is 2.00. The van der Waals surface area contributed by atoms with Crippen LogP contribution in [0.1, 0.15) is 41.5 Å². The minimum absolute atomic E-state index is 0.188. The summed E-state index contributed by atoms with van der Waals surface area (Å²) in [5, 5.41) is 16.2. The van der Waals surface area contributed by atoms with Crippen LogP contribution in [0.25, 0.3) is 0 Å². The van der Waals surface area contributed by atoms with E-state index < -0.39 is 6.10 Å². The van der Waals surface area contributed by atoms with Gasteiger partial charge in [-0.1, -0.05) is 54.6 Å². The minimum atomic E-state index is -0.549. The van der Waals surface area contributed by atoms with Gasteiger partial charge in [-0.15, -0.1) is 0 Å². The van der Waals surface area contributed by atoms with Crippen molar-refractivity contribution in [3.8, 4) is 0 Å². The van der Waals surface area contributed by atoms with Crippen LogP contribution in [0.4, 0.5) is 4.79 Å². The van der Waals surface area contributed by atoms with Crippen molar-refractivity contribution in [1.82, 2.24) is 10.6 Å². The summed E-state index contributed by atoms with van der Waals surface area (Å²) in [6.45, 7) is 0. The first kappa shape index (κ1) is 15.2. The molecule has 0 heterocycles. The molecule has 2 aliphatic carbocycles. The number of benzene rings is 2. The molecule has 24 heavy (non-hydrogen) atoms. The SMILES string of the molecule is O=C(NC1CC(c2ccccc2)C1)NC1c2ccccc2CC1O. The Hall–Kier alpha value is -2.33. The highest BCUT2D eigenvalue weighted by Gasteiger charge is 2.34. The number of carbonyl (C=O) groups excluding carboxylic acids is 1. The number of amides is 2. The Morgan fingerprint density at radius 1 is 0.958 bits per heavy atom. The molecule has 2 atom stereocenters. The van der Waals surface area contributed by atoms with Crippen molar-refractivity contribution in [3.63, 3.8) is 0 Å². The van der Waals surface area contributed by atoms with Gasteiger partial charge in [-0.3, -0.25) is 0 Å². The largest absolute Gasteiger partial charge is 0.390 e. The third-order valence-corrected chi connectivity index (χ3v) is 5.23. The van der Waals surface area contributed by atoms with Gasteiger partial charge in [0.05, 0.1) is 12.1 Å². The van der Waals surface area contributed by atoms with Crippen LogP contribution < -0.4 is 10.6 Å². The molecular weight excluding hydrogens is 300 g/mol. The molecule has 0 saturated heterocycles. The van der Waals surface area contributed by atoms with Gasteiger partial charge < -0.3 is 15.7 Å². The molecule has 4 rings (SSSR count). The van der Waals surface area contributed by atoms with Crippen molar-refractivity contribution in [1.29, 1.82) is 0 Å². The molecule has 0 bridgehead atoms. The van der Waals surface area contributed by atoms with Crippen molar-refractivity contribution in [2.45, 2.75) is 43.4 Å². The fourth-order valence-corrected chi connectivity index (χ4v) is 3.85. The molecule has 3 N–H and O–H groups in total. The monoisotopic (exact) mass is 322 g/mol. The maximum absolute atomic E-state index is 12.3. The minimum Gasteiger partial charge on any atom is -0.390 e. The molecule has 0 aromatic heterocycles. The molecule has 2 unspecified atom stereocenters. The number of hydrogen-bond donors (Lipinski definition) is 3. The van der Waals surface area contributed by atoms with Crippen molar-refractivity contribution in [2.24, 2.45) is 0 Å². The van der Waals surface area contributed by atoms with Gasteiger partial charge in [0.1, 0.15) is 0 Å². The van der Waals surface area contributed by atoms with Crippen LogP contribution in [0.15, 0.2) is 54.6 Å². The number of fused-ring (bicyclic) bond motifs is 1. The number of rotatable bonds is 3. The van der Waals surface area contributed by atoms with E-state index in [2.05, 4.69) is 34.9 Å². The Kier molecular flexibility index (Phi) is 3.98. The highest BCUT2D eigenvalue weighted by atomic mass is 16.3. The predicted molar refractivity (Wildman–Crippen MR) is 92.8 cm³/mol. The maximum Gasteiger partial charge on any atom is 0.315 e. The molecule has 1 saturated carbocycles. The lowest BCUT2D eigenvalue weighted by Gasteiger charge is -2.36. The fraction of sp³-hybridized carbons (Fsp3) is 0.350. The second-order valence-electron chi connectivity index (χ2n) is 6.84. The average Bonchev–Trinajstić information content (AvgIpc) is 2.87. The van der Waals surface area contributed by atoms with Crippen molar-refractivity contribution in [3.05, 3.63) is 71.3 Å². The maximum atomic E-state index is 12.3. The third-order valence-electron chi connectivity index (χ3n) is 5.23. The summed E-state index contributed by atoms with van der Waals surface area (Å²) >= 11 is 0. The van der Waals surface area contributed by atoms with Crippen LogP contribution in [0.5, 0.6) is 0 Å². The summed E-state index contributed by atoms with van der Waals surface area (Å²) in [5.41, 5.74) is 3.48. The van der Waals surface area contributed by atoms with Gasteiger partial charge in [-0.2, -0.15) is 0 Å². The number of aliphatic hydroxyl groups excluding tert-OH is 1. The van der Waals surface area contributed by atoms with Gasteiger partial charge in [-0.25, -0.2) is 4.79 Å². The second-order valence-corrected chi connectivity index (χ2v) is 6.84. The van der Waals surface area contributed by atoms with Crippen LogP contribution in [-0.2, 0) is 6.42 Å². The zero-order valence-corrected chi connectivity index (χ0v) is 13.5. The Balaban J connectivity index is 1.31. The molecule has 1 fully saturated rings. The molecule has 0 aliphatic heterocycles. The van der Waals surface area contributed by atoms with E-state index in [1.165, 1.54) is 5.56 Å². The molecule has 2 amide bonds. The number of urea groups is 1. The lowest BCUT2D eigenvalue weighted by Crippen LogP contribution is -2.49. The molecule has 2 aromatic rings. The van der Waals surface area contributed by atoms with E-state index in [-0.39, 0.29) is 18.1 Å². The normalized spacial score (nSPS) is 27.9. The number of aliphatic hydroxyl groups is 1. The van der Waals surface area contributed by atoms with Crippen LogP contribution in [0.2, 0.25) is 0 Å². The van der Waals surface area contributed by atoms with Gasteiger partial charge in [0.25, 0.3) is 0 Å². The van der Waals surface area contributed by atoms with Gasteiger partial charge in [0, 0.05) is 12.5 Å². The Morgan fingerprint density at radius 2 is 1.67 bits per heavy atom. The average molecular weight is 322 g/mol. The molecule has 0 spiro atoms. The van der Waals surface area contributed by atoms with E-state index in [1.807, 2.05) is 30.3 Å². The van der Waals surface area contributed by atoms with Crippen LogP contribution in [0, 0.1) is 0 Å². The summed E-state index contributed by atoms with van der Waals surface area (Å²) in [7, 11) is 0. The lowest BCUT2D eigenvalue weighted by atomic mass is 9.76. The Bertz CT molecular complexity index is 725. The van der Waals surface area contributed by atoms with E-state index in [4.69, 9.17) is 0 Å². The number of nitrogens with one attached hydrogen (secondary N) is 2. The number of hydrogen-bond acceptors (Lipinski definition) is 2. The highest BCUT2D eigenvalue weighted by molar-refractivity contribution is 5.75. The van der Waals surface area contributed by atoms with Gasteiger partial charge in [-0.05, 0) is 35.4 Å². The third kappa shape index (κ3) is 2.89. The molecule has 4 nitrogen and oxygen atoms in total. The van der Waals surface area contributed by atoms with E-state index in [0.717, 1.165) is 24.0 Å². The molecule has 2 aromatic carbocycles. The molecule has 2 aliphatic rings. The quantitative estimate of drug-likeness (QED) is 0.814. The topological polar surface area (TPSA) is 61.4 Å². The molecular formula is C20H22N2O2. The summed E-state index contributed by atoms with van der Waals surface area (Å²) in [5.74, 6) is 0.536. The van der Waals surface area contributed by atoms with Crippen molar-refractivity contribution >= 4 is 6.03 Å². The zero-order chi connectivity index (χ0) is 16.5. The second kappa shape index (κ2) is 6.29. The zero-order valence-electron chi connectivity index (χ0n) is 13.5. The first-order valence-electron chi connectivity index (χ1n) is 8.58. The molecule has 0 radical (unpaired) electrons. The molecule has 124 valence electrons. The van der Waals surface area contributed by atoms with E-state index in [0.29, 0.717) is 12.3 Å². The molecule has 4 heteroatoms. The van der Waals surface area contributed by atoms with Crippen LogP contribution in [0.3, 0.4) is 0 Å². The lowest BCUT2D eigenvalue weighted by molar-refractivity contribution is 0.140. The first-order valence-corrected chi connectivity index (χ1v) is 8.58. The van der Waals surface area contributed by atoms with Crippen molar-refractivity contribution < 1.29 is 9.90 Å². The predicted octanol–water partition coefficient (Wildman–Crippen LogP) is 2.89. The smallest absolute Gasteiger partial charge is 0.315 e. The highest BCUT2D eigenvalue weighted by Crippen LogP contribution is 2.37. The summed E-state index contributed by atoms with van der Waals surface area (Å²) < 4.78 is 0. The standard InChI is InChI=1S/C20H22N2O2/c23-18-12-14-8-4-5-9-17(14)19(18)22-20(24)21-16-10-15(11-16)13-6-2-1-3-7-13/h1-9,15-16,18-19,23H,10-12H2,(H2,21,22,24). The van der Waals surface area contributed by atoms with E-state index >= 15 is 0 Å². The summed E-state index contributed by atoms with van der Waals surface area (Å²) in [6, 6.07) is 18.0. The van der Waals surface area contributed by atoms with E-state index in [9.17, 15) is 9.90 Å². The van der Waals surface area contributed by atoms with Crippen LogP contribution >= 0.6 is 0 Å². The van der Waals surface area contributed by atoms with Crippen molar-refractivity contribution in [2.75, 3.05) is 0 Å². The van der Waals surface area contributed by atoms with Gasteiger partial charge in [0.15, 0.2) is 0 Å². The fourth-order valence-electron chi connectivity index (χ4n) is 3.85. The Labute approximate surface area is 141 Å². The van der Waals surface area contributed by atoms with Gasteiger partial charge in [0.2, 0.25) is 0 Å². The Morgan fingerprint density at radius 3 is 2.46 bits per heavy atom.